The van der Waals surface area contributed by atoms with Crippen LogP contribution in [0.25, 0.3) is 0 Å². The summed E-state index contributed by atoms with van der Waals surface area (Å²) in [5.74, 6) is -2.51. The number of carbonyl (C=O) groups is 6. The van der Waals surface area contributed by atoms with E-state index < -0.39 is 17.9 Å². The molecular weight excluding hydrogens is 710 g/mol. The first-order chi connectivity index (χ1) is 25.5. The third-order valence-corrected chi connectivity index (χ3v) is 12.5. The molecule has 12 nitrogen and oxygen atoms in total. The monoisotopic (exact) mass is 770 g/mol. The molecule has 2 heterocycles. The molecule has 6 amide bonds. The van der Waals surface area contributed by atoms with Crippen molar-refractivity contribution in [3.63, 3.8) is 0 Å². The third kappa shape index (κ3) is 11.5. The lowest BCUT2D eigenvalue weighted by Crippen LogP contribution is -2.62. The Bertz CT molecular complexity index is 1440. The molecule has 1 aromatic rings. The highest BCUT2D eigenvalue weighted by Gasteiger charge is 2.47. The van der Waals surface area contributed by atoms with Crippen molar-refractivity contribution in [3.05, 3.63) is 35.4 Å². The van der Waals surface area contributed by atoms with Crippen LogP contribution in [0.4, 0.5) is 0 Å². The molecule has 2 saturated carbocycles. The molecule has 1 aromatic carbocycles. The summed E-state index contributed by atoms with van der Waals surface area (Å²) < 4.78 is 0. The van der Waals surface area contributed by atoms with Crippen molar-refractivity contribution in [2.24, 2.45) is 11.8 Å². The van der Waals surface area contributed by atoms with Crippen molar-refractivity contribution in [1.82, 2.24) is 30.7 Å². The minimum atomic E-state index is -0.767. The molecule has 2 saturated heterocycles. The first-order valence-corrected chi connectivity index (χ1v) is 21.2. The Morgan fingerprint density at radius 3 is 1.83 bits per heavy atom. The molecule has 0 spiro atoms. The zero-order valence-corrected chi connectivity index (χ0v) is 33.8. The van der Waals surface area contributed by atoms with Gasteiger partial charge in [0.15, 0.2) is 0 Å². The Balaban J connectivity index is 1.20. The fraction of sp³-hybridized carbons (Fsp3) is 0.692. The number of carbonyl (C=O) groups excluding carboxylic acids is 6. The third-order valence-electron chi connectivity index (χ3n) is 11.1. The maximum atomic E-state index is 13.7. The van der Waals surface area contributed by atoms with Gasteiger partial charge < -0.3 is 30.7 Å². The minimum absolute atomic E-state index is 0.0873. The fourth-order valence-corrected chi connectivity index (χ4v) is 8.09. The first kappa shape index (κ1) is 41.1. The van der Waals surface area contributed by atoms with E-state index in [1.165, 1.54) is 4.90 Å². The summed E-state index contributed by atoms with van der Waals surface area (Å²) in [6, 6.07) is 6.40. The van der Waals surface area contributed by atoms with Gasteiger partial charge in [0.05, 0.1) is 18.4 Å². The predicted octanol–water partition coefficient (Wildman–Crippen LogP) is 3.24. The van der Waals surface area contributed by atoms with E-state index in [1.54, 1.807) is 34.1 Å². The summed E-state index contributed by atoms with van der Waals surface area (Å²) in [4.78, 5) is 85.1. The Morgan fingerprint density at radius 1 is 0.736 bits per heavy atom. The van der Waals surface area contributed by atoms with Crippen LogP contribution in [0, 0.1) is 11.8 Å². The summed E-state index contributed by atoms with van der Waals surface area (Å²) in [6.07, 6.45) is 11.2. The van der Waals surface area contributed by atoms with Gasteiger partial charge in [0.2, 0.25) is 29.5 Å². The average molecular weight is 771 g/mol. The highest BCUT2D eigenvalue weighted by molar-refractivity contribution is 7.18. The Hall–Kier alpha value is -3.10. The Morgan fingerprint density at radius 2 is 1.28 bits per heavy atom. The highest BCUT2D eigenvalue weighted by atomic mass is 31.0. The molecule has 4 fully saturated rings. The van der Waals surface area contributed by atoms with Crippen LogP contribution in [-0.4, -0.2) is 112 Å². The molecule has 0 bridgehead atoms. The number of benzene rings is 1. The zero-order valence-electron chi connectivity index (χ0n) is 31.5. The molecular formula is C39H60N6O6P2. The number of amides is 6. The van der Waals surface area contributed by atoms with E-state index in [0.717, 1.165) is 76.2 Å². The topological polar surface area (TPSA) is 148 Å². The van der Waals surface area contributed by atoms with Gasteiger partial charge in [-0.1, -0.05) is 70.9 Å². The van der Waals surface area contributed by atoms with E-state index in [2.05, 4.69) is 48.3 Å². The van der Waals surface area contributed by atoms with Gasteiger partial charge in [-0.2, -0.15) is 0 Å². The maximum absolute atomic E-state index is 13.7. The second-order valence-electron chi connectivity index (χ2n) is 15.5. The van der Waals surface area contributed by atoms with Crippen LogP contribution >= 0.6 is 18.5 Å². The van der Waals surface area contributed by atoms with Crippen molar-refractivity contribution in [1.29, 1.82) is 0 Å². The van der Waals surface area contributed by atoms with Crippen LogP contribution in [0.1, 0.15) is 107 Å². The average Bonchev–Trinajstić information content (AvgIpc) is 3.97. The van der Waals surface area contributed by atoms with Crippen molar-refractivity contribution in [2.45, 2.75) is 127 Å². The van der Waals surface area contributed by atoms with E-state index in [1.807, 2.05) is 0 Å². The zero-order chi connectivity index (χ0) is 38.1. The van der Waals surface area contributed by atoms with E-state index >= 15 is 0 Å². The molecule has 292 valence electrons. The minimum Gasteiger partial charge on any atom is -0.354 e. The van der Waals surface area contributed by atoms with Crippen molar-refractivity contribution < 1.29 is 28.8 Å². The van der Waals surface area contributed by atoms with Gasteiger partial charge in [-0.15, -0.1) is 18.5 Å². The number of nitrogens with zero attached hydrogens (tertiary/aromatic N) is 3. The molecule has 0 aromatic heterocycles. The van der Waals surface area contributed by atoms with Gasteiger partial charge in [0, 0.05) is 50.2 Å². The van der Waals surface area contributed by atoms with Gasteiger partial charge in [0.1, 0.15) is 12.6 Å². The lowest BCUT2D eigenvalue weighted by molar-refractivity contribution is -0.154. The lowest BCUT2D eigenvalue weighted by atomic mass is 9.94. The van der Waals surface area contributed by atoms with E-state index in [-0.39, 0.29) is 80.3 Å². The number of unbranched alkanes of at least 4 members (excludes halogenated alkanes) is 7. The van der Waals surface area contributed by atoms with Crippen molar-refractivity contribution in [3.8, 4) is 0 Å². The fourth-order valence-electron chi connectivity index (χ4n) is 7.31. The van der Waals surface area contributed by atoms with Crippen LogP contribution in [0.3, 0.4) is 0 Å². The standard InChI is InChI=1S/C39H60N6O6P2/c1-3-5-7-9-10-12-34(46)45-24-35(47)43(23-31(45)38(50)40-17-11-8-6-4-2)20-25-13-15-26(16-14-25)39(51)44-21-27(36(48)41-29-18-32(29)52)28(22-44)37(49)42-30-19-33(30)53/h13-16,27-33H,3-12,17-24,52-53H2,1-2H3,(H,40,50)(H,41,48)(H,42,49)/t27-,28-,29+,30+,31+,32+,33+/m1/s1. The highest BCUT2D eigenvalue weighted by Crippen LogP contribution is 2.34. The first-order valence-electron chi connectivity index (χ1n) is 19.9. The molecule has 14 heteroatoms. The smallest absolute Gasteiger partial charge is 0.253 e. The second kappa shape index (κ2) is 19.5. The predicted molar refractivity (Wildman–Crippen MR) is 211 cm³/mol. The maximum Gasteiger partial charge on any atom is 0.253 e. The van der Waals surface area contributed by atoms with Crippen LogP contribution in [0.15, 0.2) is 24.3 Å². The summed E-state index contributed by atoms with van der Waals surface area (Å²) in [5, 5.41) is 9.11. The summed E-state index contributed by atoms with van der Waals surface area (Å²) >= 11 is 0. The quantitative estimate of drug-likeness (QED) is 0.146. The summed E-state index contributed by atoms with van der Waals surface area (Å²) in [6.45, 7) is 5.31. The van der Waals surface area contributed by atoms with Gasteiger partial charge in [0.25, 0.3) is 5.91 Å². The molecule has 53 heavy (non-hydrogen) atoms. The van der Waals surface area contributed by atoms with Crippen LogP contribution < -0.4 is 16.0 Å². The number of rotatable bonds is 19. The largest absolute Gasteiger partial charge is 0.354 e. The van der Waals surface area contributed by atoms with Crippen LogP contribution in [-0.2, 0) is 30.5 Å². The van der Waals surface area contributed by atoms with Gasteiger partial charge in [-0.05, 0) is 54.7 Å². The number of piperazine rings is 1. The van der Waals surface area contributed by atoms with Crippen molar-refractivity contribution >= 4 is 53.9 Å². The molecule has 2 unspecified atom stereocenters. The molecule has 2 aliphatic carbocycles. The SMILES string of the molecule is CCCCCCCC(=O)N1CC(=O)N(Cc2ccc(C(=O)N3C[C@@H](C(=O)N[C@H]4C[C@@H]4P)[C@H](C(=O)N[C@H]4C[C@@H]4P)C3)cc2)C[C@H]1C(=O)NCCCCCC. The molecule has 0 radical (unpaired) electrons. The number of hydrogen-bond acceptors (Lipinski definition) is 6. The number of nitrogens with one attached hydrogen (secondary N) is 3. The van der Waals surface area contributed by atoms with Crippen molar-refractivity contribution in [2.75, 3.05) is 32.7 Å². The van der Waals surface area contributed by atoms with Crippen LogP contribution in [0.2, 0.25) is 0 Å². The lowest BCUT2D eigenvalue weighted by Gasteiger charge is -2.40. The second-order valence-corrected chi connectivity index (χ2v) is 17.2. The Labute approximate surface area is 319 Å². The molecule has 5 rings (SSSR count). The summed E-state index contributed by atoms with van der Waals surface area (Å²) in [5.41, 5.74) is 1.88. The van der Waals surface area contributed by atoms with Crippen LogP contribution in [0.5, 0.6) is 0 Å². The Kier molecular flexibility index (Phi) is 15.1. The van der Waals surface area contributed by atoms with Gasteiger partial charge in [-0.25, -0.2) is 0 Å². The number of hydrogen-bond donors (Lipinski definition) is 3. The van der Waals surface area contributed by atoms with Gasteiger partial charge in [-0.3, -0.25) is 28.8 Å². The summed E-state index contributed by atoms with van der Waals surface area (Å²) in [7, 11) is 5.43. The number of likely N-dealkylation sites (tertiary alicyclic amines) is 1. The van der Waals surface area contributed by atoms with Gasteiger partial charge >= 0.3 is 0 Å². The molecule has 4 aliphatic rings. The normalized spacial score (nSPS) is 26.3. The van der Waals surface area contributed by atoms with E-state index in [9.17, 15) is 28.8 Å². The van der Waals surface area contributed by atoms with E-state index in [0.29, 0.717) is 29.8 Å². The molecule has 2 aliphatic heterocycles. The van der Waals surface area contributed by atoms with E-state index in [4.69, 9.17) is 0 Å². The molecule has 9 atom stereocenters. The molecule has 3 N–H and O–H groups in total.